The quantitative estimate of drug-likeness (QED) is 0.619. The average molecular weight is 274 g/mol. The highest BCUT2D eigenvalue weighted by Crippen LogP contribution is 2.10. The van der Waals surface area contributed by atoms with E-state index in [4.69, 9.17) is 0 Å². The van der Waals surface area contributed by atoms with Crippen LogP contribution in [0.5, 0.6) is 0 Å². The van der Waals surface area contributed by atoms with E-state index in [1.807, 2.05) is 20.8 Å². The van der Waals surface area contributed by atoms with Crippen LogP contribution >= 0.6 is 0 Å². The van der Waals surface area contributed by atoms with E-state index in [9.17, 15) is 4.21 Å². The lowest BCUT2D eigenvalue weighted by Gasteiger charge is -2.21. The Morgan fingerprint density at radius 3 is 2.18 bits per heavy atom. The number of rotatable bonds is 4. The van der Waals surface area contributed by atoms with Crippen molar-refractivity contribution in [2.45, 2.75) is 71.0 Å². The molecule has 0 rings (SSSR count). The van der Waals surface area contributed by atoms with Gasteiger partial charge in [0, 0.05) is 0 Å². The summed E-state index contributed by atoms with van der Waals surface area (Å²) in [5.41, 5.74) is 3.36. The molecule has 0 aliphatic rings. The Hall–Kier alpha value is -0.113. The lowest BCUT2D eigenvalue weighted by Crippen LogP contribution is -2.39. The van der Waals surface area contributed by atoms with E-state index in [1.54, 1.807) is 0 Å². The summed E-state index contributed by atoms with van der Waals surface area (Å²) in [7, 11) is -2.38. The summed E-state index contributed by atoms with van der Waals surface area (Å²) in [6, 6.07) is 0.0618. The van der Waals surface area contributed by atoms with Crippen molar-refractivity contribution >= 4 is 19.1 Å². The van der Waals surface area contributed by atoms with Gasteiger partial charge in [0.2, 0.25) is 0 Å². The molecule has 0 saturated carbocycles. The fraction of sp³-hybridized carbons (Fsp3) is 0.846. The van der Waals surface area contributed by atoms with E-state index < -0.39 is 19.1 Å². The van der Waals surface area contributed by atoms with Crippen molar-refractivity contribution in [2.75, 3.05) is 0 Å². The molecule has 0 heterocycles. The second-order valence-electron chi connectivity index (χ2n) is 6.36. The fourth-order valence-electron chi connectivity index (χ4n) is 1.06. The molecule has 0 aromatic carbocycles. The van der Waals surface area contributed by atoms with Crippen LogP contribution in [0.2, 0.25) is 19.6 Å². The maximum absolute atomic E-state index is 12.0. The highest BCUT2D eigenvalue weighted by Gasteiger charge is 2.21. The minimum atomic E-state index is -1.35. The van der Waals surface area contributed by atoms with Crippen LogP contribution in [0.4, 0.5) is 0 Å². The molecule has 0 spiro atoms. The summed E-state index contributed by atoms with van der Waals surface area (Å²) >= 11 is 0. The molecule has 0 aromatic heterocycles. The number of hydrogen-bond acceptors (Lipinski definition) is 1. The monoisotopic (exact) mass is 273 g/mol. The predicted molar refractivity (Wildman–Crippen MR) is 80.8 cm³/mol. The first-order valence-corrected chi connectivity index (χ1v) is 10.9. The Balaban J connectivity index is 4.65. The molecular formula is C13H27NOSSi. The standard InChI is InChI=1S/C13H27NOSSi/c1-8-9-12(10-11-17(5,6)7)14-16(15)13(2,3)4/h12,14H,8-9H2,1-7H3/t12-,16-/m0/s1. The Kier molecular flexibility index (Phi) is 6.68. The van der Waals surface area contributed by atoms with Gasteiger partial charge in [-0.05, 0) is 27.2 Å². The third-order valence-electron chi connectivity index (χ3n) is 2.00. The zero-order valence-electron chi connectivity index (χ0n) is 12.3. The molecule has 2 atom stereocenters. The first-order chi connectivity index (χ1) is 7.56. The highest BCUT2D eigenvalue weighted by molar-refractivity contribution is 7.84. The van der Waals surface area contributed by atoms with Crippen LogP contribution < -0.4 is 4.72 Å². The van der Waals surface area contributed by atoms with Gasteiger partial charge in [-0.2, -0.15) is 0 Å². The van der Waals surface area contributed by atoms with Crippen LogP contribution in [0.1, 0.15) is 40.5 Å². The lowest BCUT2D eigenvalue weighted by molar-refractivity contribution is 0.609. The van der Waals surface area contributed by atoms with E-state index in [-0.39, 0.29) is 10.8 Å². The van der Waals surface area contributed by atoms with Gasteiger partial charge in [0.15, 0.2) is 0 Å². The van der Waals surface area contributed by atoms with Crippen molar-refractivity contribution in [2.24, 2.45) is 0 Å². The molecule has 0 aliphatic carbocycles. The van der Waals surface area contributed by atoms with Gasteiger partial charge in [0.1, 0.15) is 8.07 Å². The zero-order chi connectivity index (χ0) is 13.7. The second-order valence-corrected chi connectivity index (χ2v) is 13.1. The van der Waals surface area contributed by atoms with E-state index in [0.717, 1.165) is 12.8 Å². The molecule has 100 valence electrons. The molecule has 0 amide bonds. The molecule has 0 unspecified atom stereocenters. The molecule has 1 N–H and O–H groups in total. The van der Waals surface area contributed by atoms with Gasteiger partial charge in [-0.3, -0.25) is 0 Å². The van der Waals surface area contributed by atoms with Crippen molar-refractivity contribution in [3.63, 3.8) is 0 Å². The maximum atomic E-state index is 12.0. The Bertz CT molecular complexity index is 317. The largest absolute Gasteiger partial charge is 0.242 e. The third-order valence-corrected chi connectivity index (χ3v) is 4.51. The molecule has 0 bridgehead atoms. The number of hydrogen-bond donors (Lipinski definition) is 1. The Labute approximate surface area is 111 Å². The summed E-state index contributed by atoms with van der Waals surface area (Å²) in [6.45, 7) is 14.7. The van der Waals surface area contributed by atoms with Gasteiger partial charge >= 0.3 is 0 Å². The summed E-state index contributed by atoms with van der Waals surface area (Å²) in [5.74, 6) is 3.27. The van der Waals surface area contributed by atoms with Crippen LogP contribution in [0.3, 0.4) is 0 Å². The van der Waals surface area contributed by atoms with E-state index >= 15 is 0 Å². The van der Waals surface area contributed by atoms with Crippen LogP contribution in [0.25, 0.3) is 0 Å². The molecule has 0 saturated heterocycles. The van der Waals surface area contributed by atoms with E-state index in [2.05, 4.69) is 42.8 Å². The van der Waals surface area contributed by atoms with Crippen molar-refractivity contribution in [3.8, 4) is 11.5 Å². The van der Waals surface area contributed by atoms with Gasteiger partial charge in [0.05, 0.1) is 21.8 Å². The van der Waals surface area contributed by atoms with E-state index in [0.29, 0.717) is 0 Å². The van der Waals surface area contributed by atoms with Crippen molar-refractivity contribution in [1.82, 2.24) is 4.72 Å². The first kappa shape index (κ1) is 16.9. The molecule has 4 heteroatoms. The Morgan fingerprint density at radius 2 is 1.82 bits per heavy atom. The molecule has 2 nitrogen and oxygen atoms in total. The summed E-state index contributed by atoms with van der Waals surface area (Å²) in [6.07, 6.45) is 2.01. The van der Waals surface area contributed by atoms with Crippen molar-refractivity contribution in [1.29, 1.82) is 0 Å². The molecule has 0 fully saturated rings. The minimum Gasteiger partial charge on any atom is -0.242 e. The molecule has 0 aliphatic heterocycles. The van der Waals surface area contributed by atoms with Gasteiger partial charge in [0.25, 0.3) is 0 Å². The van der Waals surface area contributed by atoms with Crippen LogP contribution in [-0.4, -0.2) is 23.1 Å². The van der Waals surface area contributed by atoms with Crippen LogP contribution in [0.15, 0.2) is 0 Å². The summed E-state index contributed by atoms with van der Waals surface area (Å²) in [4.78, 5) is 0. The third kappa shape index (κ3) is 8.59. The van der Waals surface area contributed by atoms with Gasteiger partial charge in [-0.15, -0.1) is 5.54 Å². The zero-order valence-corrected chi connectivity index (χ0v) is 14.1. The predicted octanol–water partition coefficient (Wildman–Crippen LogP) is 3.09. The molecular weight excluding hydrogens is 246 g/mol. The summed E-state index contributed by atoms with van der Waals surface area (Å²) < 4.78 is 14.9. The topological polar surface area (TPSA) is 29.1 Å². The van der Waals surface area contributed by atoms with Gasteiger partial charge < -0.3 is 0 Å². The maximum Gasteiger partial charge on any atom is 0.129 e. The smallest absolute Gasteiger partial charge is 0.129 e. The first-order valence-electron chi connectivity index (χ1n) is 6.27. The second kappa shape index (κ2) is 6.72. The van der Waals surface area contributed by atoms with Crippen molar-refractivity contribution < 1.29 is 4.21 Å². The average Bonchev–Trinajstić information content (AvgIpc) is 2.11. The molecule has 0 radical (unpaired) electrons. The molecule has 17 heavy (non-hydrogen) atoms. The van der Waals surface area contributed by atoms with Crippen molar-refractivity contribution in [3.05, 3.63) is 0 Å². The van der Waals surface area contributed by atoms with Crippen LogP contribution in [0, 0.1) is 11.5 Å². The normalized spacial score (nSPS) is 15.9. The molecule has 0 aromatic rings. The van der Waals surface area contributed by atoms with E-state index in [1.165, 1.54) is 0 Å². The fourth-order valence-corrected chi connectivity index (χ4v) is 2.45. The highest BCUT2D eigenvalue weighted by atomic mass is 32.2. The van der Waals surface area contributed by atoms with Crippen LogP contribution in [-0.2, 0) is 11.0 Å². The minimum absolute atomic E-state index is 0.0618. The SMILES string of the molecule is CCC[C@@H](C#C[Si](C)(C)C)N[S@@](=O)C(C)(C)C. The lowest BCUT2D eigenvalue weighted by atomic mass is 10.2. The van der Waals surface area contributed by atoms with Gasteiger partial charge in [-0.1, -0.05) is 38.9 Å². The van der Waals surface area contributed by atoms with Gasteiger partial charge in [-0.25, -0.2) is 8.93 Å². The Morgan fingerprint density at radius 1 is 1.29 bits per heavy atom. The number of nitrogens with one attached hydrogen (secondary N) is 1. The summed E-state index contributed by atoms with van der Waals surface area (Å²) in [5, 5.41) is 0.